The topological polar surface area (TPSA) is 100 Å². The number of ether oxygens (including phenoxy) is 1. The maximum Gasteiger partial charge on any atom is 0.271 e. The lowest BCUT2D eigenvalue weighted by molar-refractivity contribution is -0.128. The Morgan fingerprint density at radius 2 is 1.67 bits per heavy atom. The van der Waals surface area contributed by atoms with Gasteiger partial charge in [0.15, 0.2) is 6.61 Å². The van der Waals surface area contributed by atoms with Crippen molar-refractivity contribution in [2.45, 2.75) is 11.9 Å². The highest BCUT2D eigenvalue weighted by Crippen LogP contribution is 2.39. The van der Waals surface area contributed by atoms with Crippen LogP contribution in [-0.2, 0) is 16.1 Å². The fourth-order valence-corrected chi connectivity index (χ4v) is 5.63. The normalized spacial score (nSPS) is 14.6. The summed E-state index contributed by atoms with van der Waals surface area (Å²) in [5, 5.41) is 7.10. The van der Waals surface area contributed by atoms with Crippen LogP contribution in [0.25, 0.3) is 0 Å². The Morgan fingerprint density at radius 1 is 0.952 bits per heavy atom. The van der Waals surface area contributed by atoms with E-state index >= 15 is 0 Å². The number of rotatable bonds is 10. The van der Waals surface area contributed by atoms with E-state index in [2.05, 4.69) is 15.8 Å². The first-order valence-electron chi connectivity index (χ1n) is 13.1. The third-order valence-corrected chi connectivity index (χ3v) is 7.99. The van der Waals surface area contributed by atoms with E-state index < -0.39 is 0 Å². The van der Waals surface area contributed by atoms with Crippen LogP contribution in [-0.4, -0.2) is 41.2 Å². The summed E-state index contributed by atoms with van der Waals surface area (Å²) in [6.07, 6.45) is 1.52. The van der Waals surface area contributed by atoms with Crippen LogP contribution >= 0.6 is 23.4 Å². The molecule has 1 aliphatic rings. The molecule has 1 saturated heterocycles. The molecule has 0 radical (unpaired) electrons. The summed E-state index contributed by atoms with van der Waals surface area (Å²) in [5.41, 5.74) is 6.29. The fraction of sp³-hybridized carbons (Fsp3) is 0.125. The number of hydrogen-bond donors (Lipinski definition) is 2. The van der Waals surface area contributed by atoms with Gasteiger partial charge in [0.05, 0.1) is 22.7 Å². The van der Waals surface area contributed by atoms with Crippen LogP contribution in [0.3, 0.4) is 0 Å². The molecule has 2 N–H and O–H groups in total. The molecule has 10 heteroatoms. The Kier molecular flexibility index (Phi) is 9.53. The lowest BCUT2D eigenvalue weighted by Crippen LogP contribution is -2.27. The van der Waals surface area contributed by atoms with E-state index in [0.717, 1.165) is 16.7 Å². The third kappa shape index (κ3) is 7.57. The van der Waals surface area contributed by atoms with Crippen LogP contribution in [0.2, 0.25) is 5.02 Å². The Labute approximate surface area is 252 Å². The summed E-state index contributed by atoms with van der Waals surface area (Å²) in [6.45, 7) is 0.370. The van der Waals surface area contributed by atoms with Crippen molar-refractivity contribution in [2.24, 2.45) is 5.10 Å². The van der Waals surface area contributed by atoms with Gasteiger partial charge >= 0.3 is 0 Å². The van der Waals surface area contributed by atoms with Crippen molar-refractivity contribution in [1.82, 2.24) is 10.3 Å². The predicted octanol–water partition coefficient (Wildman–Crippen LogP) is 5.90. The van der Waals surface area contributed by atoms with Gasteiger partial charge in [0.1, 0.15) is 11.1 Å². The Hall–Kier alpha value is -4.60. The van der Waals surface area contributed by atoms with Gasteiger partial charge in [0.2, 0.25) is 5.91 Å². The molecular weight excluding hydrogens is 572 g/mol. The van der Waals surface area contributed by atoms with Crippen molar-refractivity contribution in [3.63, 3.8) is 0 Å². The van der Waals surface area contributed by atoms with Gasteiger partial charge in [-0.15, -0.1) is 11.8 Å². The number of hydrazone groups is 1. The fourth-order valence-electron chi connectivity index (χ4n) is 4.26. The number of nitrogens with one attached hydrogen (secondary N) is 2. The largest absolute Gasteiger partial charge is 0.484 e. The molecule has 42 heavy (non-hydrogen) atoms. The second-order valence-corrected chi connectivity index (χ2v) is 10.9. The maximum absolute atomic E-state index is 12.6. The standard InChI is InChI=1S/C32H27ClN4O4S/c33-27-8-4-5-9-28(27)35-29(38)20-41-26-16-10-22(11-17-26)18-34-36-31(40)24-12-14-25(15-13-24)32-37(30(39)21-42-32)19-23-6-2-1-3-7-23/h1-18,32H,19-21H2,(H,35,38)(H,36,40)/b34-18-/t32-/m0/s1. The molecule has 1 aliphatic heterocycles. The van der Waals surface area contributed by atoms with Crippen molar-refractivity contribution in [3.8, 4) is 5.75 Å². The van der Waals surface area contributed by atoms with E-state index in [0.29, 0.717) is 34.3 Å². The molecule has 0 unspecified atom stereocenters. The smallest absolute Gasteiger partial charge is 0.271 e. The molecule has 212 valence electrons. The van der Waals surface area contributed by atoms with Gasteiger partial charge in [-0.1, -0.05) is 66.2 Å². The van der Waals surface area contributed by atoms with E-state index in [1.807, 2.05) is 47.4 Å². The van der Waals surface area contributed by atoms with Gasteiger partial charge in [-0.2, -0.15) is 5.10 Å². The number of carbonyl (C=O) groups excluding carboxylic acids is 3. The highest BCUT2D eigenvalue weighted by molar-refractivity contribution is 8.00. The van der Waals surface area contributed by atoms with Gasteiger partial charge in [-0.25, -0.2) is 5.43 Å². The quantitative estimate of drug-likeness (QED) is 0.175. The molecule has 8 nitrogen and oxygen atoms in total. The highest BCUT2D eigenvalue weighted by Gasteiger charge is 2.32. The van der Waals surface area contributed by atoms with Gasteiger partial charge in [-0.3, -0.25) is 14.4 Å². The summed E-state index contributed by atoms with van der Waals surface area (Å²) in [6, 6.07) is 31.0. The zero-order valence-electron chi connectivity index (χ0n) is 22.4. The second kappa shape index (κ2) is 13.8. The average Bonchev–Trinajstić information content (AvgIpc) is 3.38. The third-order valence-electron chi connectivity index (χ3n) is 6.40. The van der Waals surface area contributed by atoms with Gasteiger partial charge in [0, 0.05) is 12.1 Å². The number of benzene rings is 4. The van der Waals surface area contributed by atoms with Crippen molar-refractivity contribution in [3.05, 3.63) is 130 Å². The van der Waals surface area contributed by atoms with Gasteiger partial charge in [-0.05, 0) is 65.2 Å². The Morgan fingerprint density at radius 3 is 2.40 bits per heavy atom. The van der Waals surface area contributed by atoms with E-state index in [4.69, 9.17) is 16.3 Å². The summed E-state index contributed by atoms with van der Waals surface area (Å²) >= 11 is 7.64. The van der Waals surface area contributed by atoms with Crippen molar-refractivity contribution in [2.75, 3.05) is 17.7 Å². The highest BCUT2D eigenvalue weighted by atomic mass is 35.5. The first kappa shape index (κ1) is 28.9. The molecule has 1 fully saturated rings. The zero-order valence-corrected chi connectivity index (χ0v) is 24.0. The summed E-state index contributed by atoms with van der Waals surface area (Å²) < 4.78 is 5.53. The number of carbonyl (C=O) groups is 3. The van der Waals surface area contributed by atoms with Crippen LogP contribution in [0.1, 0.15) is 32.4 Å². The minimum atomic E-state index is -0.349. The van der Waals surface area contributed by atoms with Crippen LogP contribution in [0.4, 0.5) is 5.69 Å². The summed E-state index contributed by atoms with van der Waals surface area (Å²) in [7, 11) is 0. The molecule has 4 aromatic carbocycles. The molecule has 0 spiro atoms. The molecular formula is C32H27ClN4O4S. The molecule has 0 aliphatic carbocycles. The lowest BCUT2D eigenvalue weighted by Gasteiger charge is -2.24. The van der Waals surface area contributed by atoms with Crippen LogP contribution in [0.5, 0.6) is 5.75 Å². The molecule has 5 rings (SSSR count). The molecule has 4 aromatic rings. The SMILES string of the molecule is O=C(COc1ccc(/C=N\NC(=O)c2ccc([C@@H]3SCC(=O)N3Cc3ccccc3)cc2)cc1)Nc1ccccc1Cl. The van der Waals surface area contributed by atoms with Crippen molar-refractivity contribution in [1.29, 1.82) is 0 Å². The maximum atomic E-state index is 12.6. The number of halogens is 1. The Balaban J connectivity index is 1.10. The van der Waals surface area contributed by atoms with Crippen molar-refractivity contribution >= 4 is 53.0 Å². The first-order chi connectivity index (χ1) is 20.5. The molecule has 1 heterocycles. The number of thioether (sulfide) groups is 1. The predicted molar refractivity (Wildman–Crippen MR) is 166 cm³/mol. The monoisotopic (exact) mass is 598 g/mol. The van der Waals surface area contributed by atoms with Gasteiger partial charge in [0.25, 0.3) is 11.8 Å². The number of nitrogens with zero attached hydrogens (tertiary/aromatic N) is 2. The average molecular weight is 599 g/mol. The number of anilines is 1. The Bertz CT molecular complexity index is 1580. The minimum absolute atomic E-state index is 0.100. The van der Waals surface area contributed by atoms with Crippen LogP contribution in [0, 0.1) is 0 Å². The lowest BCUT2D eigenvalue weighted by atomic mass is 10.1. The molecule has 1 atom stereocenters. The van der Waals surface area contributed by atoms with E-state index in [1.165, 1.54) is 6.21 Å². The van der Waals surface area contributed by atoms with E-state index in [-0.39, 0.29) is 29.7 Å². The molecule has 3 amide bonds. The van der Waals surface area contributed by atoms with Crippen LogP contribution < -0.4 is 15.5 Å². The molecule has 0 bridgehead atoms. The summed E-state index contributed by atoms with van der Waals surface area (Å²) in [4.78, 5) is 39.1. The first-order valence-corrected chi connectivity index (χ1v) is 14.5. The second-order valence-electron chi connectivity index (χ2n) is 9.38. The zero-order chi connectivity index (χ0) is 29.3. The minimum Gasteiger partial charge on any atom is -0.484 e. The number of para-hydroxylation sites is 1. The number of hydrogen-bond acceptors (Lipinski definition) is 6. The summed E-state index contributed by atoms with van der Waals surface area (Å²) in [5.74, 6) is 0.363. The van der Waals surface area contributed by atoms with Crippen molar-refractivity contribution < 1.29 is 19.1 Å². The molecule has 0 saturated carbocycles. The van der Waals surface area contributed by atoms with Gasteiger partial charge < -0.3 is 15.0 Å². The molecule has 0 aromatic heterocycles. The van der Waals surface area contributed by atoms with E-state index in [1.54, 1.807) is 72.4 Å². The van der Waals surface area contributed by atoms with E-state index in [9.17, 15) is 14.4 Å². The number of amides is 3. The van der Waals surface area contributed by atoms with Crippen LogP contribution in [0.15, 0.2) is 108 Å².